The predicted molar refractivity (Wildman–Crippen MR) is 94.4 cm³/mol. The molecule has 0 aliphatic rings. The molecular weight excluding hydrogens is 286 g/mol. The molecule has 4 heteroatoms. The van der Waals surface area contributed by atoms with Crippen molar-refractivity contribution < 1.29 is 4.74 Å². The number of imidazole rings is 1. The van der Waals surface area contributed by atoms with Gasteiger partial charge in [-0.1, -0.05) is 18.2 Å². The third-order valence-corrected chi connectivity index (χ3v) is 3.82. The standard InChI is InChI=1S/C19H23N3O/c1-21(2)12-6-7-13-23-17-10-11-19-18(14-17)20-15-22(19)16-8-4-3-5-9-16/h3-5,8-11,14-15H,6-7,12-13H2,1-2H3. The van der Waals surface area contributed by atoms with Crippen LogP contribution in [0.3, 0.4) is 0 Å². The molecule has 1 heterocycles. The summed E-state index contributed by atoms with van der Waals surface area (Å²) in [5.41, 5.74) is 3.17. The molecule has 1 aromatic heterocycles. The fourth-order valence-corrected chi connectivity index (χ4v) is 2.60. The number of aromatic nitrogens is 2. The number of rotatable bonds is 7. The number of hydrogen-bond acceptors (Lipinski definition) is 3. The Morgan fingerprint density at radius 3 is 2.65 bits per heavy atom. The topological polar surface area (TPSA) is 30.3 Å². The lowest BCUT2D eigenvalue weighted by molar-refractivity contribution is 0.293. The van der Waals surface area contributed by atoms with Gasteiger partial charge in [0, 0.05) is 11.8 Å². The van der Waals surface area contributed by atoms with E-state index in [2.05, 4.69) is 46.7 Å². The smallest absolute Gasteiger partial charge is 0.121 e. The maximum Gasteiger partial charge on any atom is 0.121 e. The van der Waals surface area contributed by atoms with Gasteiger partial charge in [0.05, 0.1) is 17.6 Å². The highest BCUT2D eigenvalue weighted by molar-refractivity contribution is 5.78. The van der Waals surface area contributed by atoms with Crippen LogP contribution in [0.5, 0.6) is 5.75 Å². The lowest BCUT2D eigenvalue weighted by atomic mass is 10.2. The maximum atomic E-state index is 5.84. The van der Waals surface area contributed by atoms with Crippen molar-refractivity contribution in [2.75, 3.05) is 27.2 Å². The average molecular weight is 309 g/mol. The van der Waals surface area contributed by atoms with Crippen LogP contribution in [0.4, 0.5) is 0 Å². The Bertz CT molecular complexity index is 750. The Labute approximate surface area is 137 Å². The van der Waals surface area contributed by atoms with E-state index in [1.54, 1.807) is 0 Å². The zero-order valence-corrected chi connectivity index (χ0v) is 13.8. The molecule has 0 spiro atoms. The lowest BCUT2D eigenvalue weighted by Crippen LogP contribution is -2.13. The van der Waals surface area contributed by atoms with Crippen LogP contribution in [-0.4, -0.2) is 41.7 Å². The van der Waals surface area contributed by atoms with Gasteiger partial charge in [-0.15, -0.1) is 0 Å². The van der Waals surface area contributed by atoms with E-state index in [0.717, 1.165) is 48.5 Å². The van der Waals surface area contributed by atoms with Crippen molar-refractivity contribution in [3.05, 3.63) is 54.9 Å². The molecule has 0 atom stereocenters. The first-order valence-electron chi connectivity index (χ1n) is 8.04. The highest BCUT2D eigenvalue weighted by Gasteiger charge is 2.05. The summed E-state index contributed by atoms with van der Waals surface area (Å²) in [5, 5.41) is 0. The van der Waals surface area contributed by atoms with Crippen molar-refractivity contribution in [2.45, 2.75) is 12.8 Å². The van der Waals surface area contributed by atoms with Crippen molar-refractivity contribution in [2.24, 2.45) is 0 Å². The van der Waals surface area contributed by atoms with Gasteiger partial charge in [0.25, 0.3) is 0 Å². The van der Waals surface area contributed by atoms with Gasteiger partial charge < -0.3 is 9.64 Å². The van der Waals surface area contributed by atoms with Crippen molar-refractivity contribution in [3.8, 4) is 11.4 Å². The van der Waals surface area contributed by atoms with Crippen LogP contribution in [0.1, 0.15) is 12.8 Å². The van der Waals surface area contributed by atoms with Gasteiger partial charge in [0.1, 0.15) is 12.1 Å². The molecule has 0 bridgehead atoms. The first-order chi connectivity index (χ1) is 11.2. The van der Waals surface area contributed by atoms with Gasteiger partial charge in [0.2, 0.25) is 0 Å². The molecule has 0 unspecified atom stereocenters. The molecule has 2 aromatic carbocycles. The van der Waals surface area contributed by atoms with Gasteiger partial charge in [0.15, 0.2) is 0 Å². The second-order valence-electron chi connectivity index (χ2n) is 5.96. The van der Waals surface area contributed by atoms with E-state index >= 15 is 0 Å². The zero-order valence-electron chi connectivity index (χ0n) is 13.8. The Balaban J connectivity index is 1.67. The Kier molecular flexibility index (Phi) is 4.93. The summed E-state index contributed by atoms with van der Waals surface area (Å²) in [5.74, 6) is 0.890. The summed E-state index contributed by atoms with van der Waals surface area (Å²) in [4.78, 5) is 6.70. The lowest BCUT2D eigenvalue weighted by Gasteiger charge is -2.10. The first-order valence-corrected chi connectivity index (χ1v) is 8.04. The van der Waals surface area contributed by atoms with Crippen LogP contribution in [0.15, 0.2) is 54.9 Å². The molecule has 0 saturated heterocycles. The van der Waals surface area contributed by atoms with Crippen molar-refractivity contribution in [3.63, 3.8) is 0 Å². The van der Waals surface area contributed by atoms with Crippen LogP contribution < -0.4 is 4.74 Å². The molecular formula is C19H23N3O. The number of nitrogens with zero attached hydrogens (tertiary/aromatic N) is 3. The highest BCUT2D eigenvalue weighted by Crippen LogP contribution is 2.22. The molecule has 0 aliphatic heterocycles. The Morgan fingerprint density at radius 1 is 1.04 bits per heavy atom. The number of ether oxygens (including phenoxy) is 1. The highest BCUT2D eigenvalue weighted by atomic mass is 16.5. The van der Waals surface area contributed by atoms with Crippen LogP contribution in [0.2, 0.25) is 0 Å². The first kappa shape index (κ1) is 15.6. The Hall–Kier alpha value is -2.33. The summed E-state index contributed by atoms with van der Waals surface area (Å²) >= 11 is 0. The monoisotopic (exact) mass is 309 g/mol. The van der Waals surface area contributed by atoms with Crippen LogP contribution >= 0.6 is 0 Å². The van der Waals surface area contributed by atoms with Gasteiger partial charge in [-0.3, -0.25) is 4.57 Å². The predicted octanol–water partition coefficient (Wildman–Crippen LogP) is 3.75. The minimum absolute atomic E-state index is 0.749. The van der Waals surface area contributed by atoms with Gasteiger partial charge in [-0.25, -0.2) is 4.98 Å². The van der Waals surface area contributed by atoms with Crippen molar-refractivity contribution >= 4 is 11.0 Å². The molecule has 0 aliphatic carbocycles. The average Bonchev–Trinajstić information content (AvgIpc) is 2.98. The summed E-state index contributed by atoms with van der Waals surface area (Å²) < 4.78 is 7.94. The molecule has 120 valence electrons. The SMILES string of the molecule is CN(C)CCCCOc1ccc2c(c1)ncn2-c1ccccc1. The van der Waals surface area contributed by atoms with Crippen molar-refractivity contribution in [1.82, 2.24) is 14.5 Å². The summed E-state index contributed by atoms with van der Waals surface area (Å²) in [7, 11) is 4.19. The quantitative estimate of drug-likeness (QED) is 0.623. The number of unbranched alkanes of at least 4 members (excludes halogenated alkanes) is 1. The fourth-order valence-electron chi connectivity index (χ4n) is 2.60. The minimum atomic E-state index is 0.749. The molecule has 0 amide bonds. The van der Waals surface area contributed by atoms with Gasteiger partial charge >= 0.3 is 0 Å². The van der Waals surface area contributed by atoms with Crippen LogP contribution in [0.25, 0.3) is 16.7 Å². The number of para-hydroxylation sites is 1. The van der Waals surface area contributed by atoms with Crippen LogP contribution in [-0.2, 0) is 0 Å². The molecule has 0 radical (unpaired) electrons. The van der Waals surface area contributed by atoms with E-state index in [4.69, 9.17) is 4.74 Å². The minimum Gasteiger partial charge on any atom is -0.494 e. The molecule has 23 heavy (non-hydrogen) atoms. The van der Waals surface area contributed by atoms with E-state index < -0.39 is 0 Å². The second kappa shape index (κ2) is 7.29. The number of fused-ring (bicyclic) bond motifs is 1. The molecule has 0 N–H and O–H groups in total. The van der Waals surface area contributed by atoms with E-state index in [1.807, 2.05) is 36.7 Å². The summed E-state index contributed by atoms with van der Waals surface area (Å²) in [6.45, 7) is 1.85. The van der Waals surface area contributed by atoms with Gasteiger partial charge in [-0.05, 0) is 57.7 Å². The maximum absolute atomic E-state index is 5.84. The summed E-state index contributed by atoms with van der Waals surface area (Å²) in [6, 6.07) is 16.4. The van der Waals surface area contributed by atoms with E-state index in [9.17, 15) is 0 Å². The largest absolute Gasteiger partial charge is 0.494 e. The van der Waals surface area contributed by atoms with Gasteiger partial charge in [-0.2, -0.15) is 0 Å². The zero-order chi connectivity index (χ0) is 16.1. The van der Waals surface area contributed by atoms with E-state index in [1.165, 1.54) is 0 Å². The molecule has 3 rings (SSSR count). The second-order valence-corrected chi connectivity index (χ2v) is 5.96. The molecule has 0 fully saturated rings. The normalized spacial score (nSPS) is 11.3. The Morgan fingerprint density at radius 2 is 1.87 bits per heavy atom. The van der Waals surface area contributed by atoms with E-state index in [-0.39, 0.29) is 0 Å². The van der Waals surface area contributed by atoms with Crippen molar-refractivity contribution in [1.29, 1.82) is 0 Å². The molecule has 3 aromatic rings. The summed E-state index contributed by atoms with van der Waals surface area (Å²) in [6.07, 6.45) is 4.08. The number of hydrogen-bond donors (Lipinski definition) is 0. The molecule has 4 nitrogen and oxygen atoms in total. The fraction of sp³-hybridized carbons (Fsp3) is 0.316. The molecule has 0 saturated carbocycles. The number of benzene rings is 2. The van der Waals surface area contributed by atoms with E-state index in [0.29, 0.717) is 0 Å². The van der Waals surface area contributed by atoms with Crippen LogP contribution in [0, 0.1) is 0 Å². The third kappa shape index (κ3) is 3.90. The third-order valence-electron chi connectivity index (χ3n) is 3.82.